The highest BCUT2D eigenvalue weighted by molar-refractivity contribution is 6.08. The number of ether oxygens (including phenoxy) is 1. The van der Waals surface area contributed by atoms with Crippen molar-refractivity contribution in [1.29, 1.82) is 0 Å². The van der Waals surface area contributed by atoms with Gasteiger partial charge in [0.2, 0.25) is 5.91 Å². The van der Waals surface area contributed by atoms with E-state index in [-0.39, 0.29) is 23.3 Å². The summed E-state index contributed by atoms with van der Waals surface area (Å²) < 4.78 is 42.8. The zero-order chi connectivity index (χ0) is 21.1. The van der Waals surface area contributed by atoms with Crippen molar-refractivity contribution < 1.29 is 37.0 Å². The molecule has 1 aromatic carbocycles. The van der Waals surface area contributed by atoms with Gasteiger partial charge in [0.25, 0.3) is 12.3 Å². The van der Waals surface area contributed by atoms with Crippen molar-refractivity contribution in [3.8, 4) is 5.75 Å². The van der Waals surface area contributed by atoms with Crippen LogP contribution >= 0.6 is 0 Å². The van der Waals surface area contributed by atoms with E-state index >= 15 is 0 Å². The van der Waals surface area contributed by atoms with Crippen LogP contribution in [0.15, 0.2) is 33.2 Å². The highest BCUT2D eigenvalue weighted by Gasteiger charge is 2.29. The fourth-order valence-electron chi connectivity index (χ4n) is 2.64. The normalized spacial score (nSPS) is 12.3. The molecule has 0 spiro atoms. The number of amides is 2. The number of alkyl halides is 2. The van der Waals surface area contributed by atoms with E-state index in [1.54, 1.807) is 6.92 Å². The van der Waals surface area contributed by atoms with Crippen molar-refractivity contribution in [3.63, 3.8) is 0 Å². The molecule has 4 N–H and O–H groups in total. The number of aliphatic hydroxyl groups is 1. The second kappa shape index (κ2) is 8.27. The Balaban J connectivity index is 1.94. The molecular formula is C18H17F2N3O6. The number of oxazole rings is 1. The number of carbonyl (C=O) groups excluding carboxylic acids is 2. The predicted molar refractivity (Wildman–Crippen MR) is 94.3 cm³/mol. The van der Waals surface area contributed by atoms with E-state index in [1.807, 2.05) is 0 Å². The first-order valence-electron chi connectivity index (χ1n) is 8.40. The van der Waals surface area contributed by atoms with Crippen LogP contribution in [0.4, 0.5) is 8.78 Å². The number of furan rings is 1. The van der Waals surface area contributed by atoms with Crippen molar-refractivity contribution in [1.82, 2.24) is 10.3 Å². The Kier molecular flexibility index (Phi) is 5.78. The summed E-state index contributed by atoms with van der Waals surface area (Å²) in [6, 6.07) is 2.76. The third kappa shape index (κ3) is 4.35. The van der Waals surface area contributed by atoms with Gasteiger partial charge in [0, 0.05) is 12.3 Å². The number of nitrogens with two attached hydrogens (primary N) is 1. The van der Waals surface area contributed by atoms with Crippen LogP contribution < -0.4 is 15.8 Å². The zero-order valence-electron chi connectivity index (χ0n) is 15.1. The number of nitrogens with one attached hydrogen (secondary N) is 1. The smallest absolute Gasteiger partial charge is 0.296 e. The molecule has 0 radical (unpaired) electrons. The Bertz CT molecular complexity index is 1050. The largest absolute Gasteiger partial charge is 0.486 e. The number of fused-ring (bicyclic) bond motifs is 1. The van der Waals surface area contributed by atoms with Gasteiger partial charge in [-0.2, -0.15) is 0 Å². The predicted octanol–water partition coefficient (Wildman–Crippen LogP) is 1.82. The van der Waals surface area contributed by atoms with Gasteiger partial charge in [-0.05, 0) is 18.2 Å². The lowest BCUT2D eigenvalue weighted by Gasteiger charge is -2.12. The molecule has 0 aliphatic heterocycles. The Labute approximate surface area is 162 Å². The van der Waals surface area contributed by atoms with Crippen molar-refractivity contribution in [2.45, 2.75) is 26.0 Å². The summed E-state index contributed by atoms with van der Waals surface area (Å²) in [6.45, 7) is 0.914. The second-order valence-electron chi connectivity index (χ2n) is 6.05. The van der Waals surface area contributed by atoms with Gasteiger partial charge in [-0.1, -0.05) is 0 Å². The minimum atomic E-state index is -3.09. The van der Waals surface area contributed by atoms with Crippen LogP contribution in [-0.2, 0) is 11.4 Å². The Morgan fingerprint density at radius 1 is 1.34 bits per heavy atom. The Morgan fingerprint density at radius 2 is 2.10 bits per heavy atom. The number of carbonyl (C=O) groups is 2. The van der Waals surface area contributed by atoms with Crippen LogP contribution in [0, 0.1) is 6.92 Å². The summed E-state index contributed by atoms with van der Waals surface area (Å²) >= 11 is 0. The van der Waals surface area contributed by atoms with E-state index < -0.39 is 42.2 Å². The van der Waals surface area contributed by atoms with Crippen LogP contribution in [0.2, 0.25) is 0 Å². The molecule has 3 rings (SSSR count). The molecule has 3 aromatic rings. The molecular weight excluding hydrogens is 392 g/mol. The number of rotatable bonds is 8. The SMILES string of the molecule is Cc1ncc(COc2ccc3oc(C(F)F)c(C(=O)N[C@@H](CO)C(N)=O)c3c2)o1. The fourth-order valence-corrected chi connectivity index (χ4v) is 2.64. The maximum atomic E-state index is 13.4. The van der Waals surface area contributed by atoms with E-state index in [2.05, 4.69) is 10.3 Å². The Hall–Kier alpha value is -3.47. The molecule has 0 saturated heterocycles. The molecule has 2 aromatic heterocycles. The molecule has 29 heavy (non-hydrogen) atoms. The van der Waals surface area contributed by atoms with Crippen LogP contribution in [0.3, 0.4) is 0 Å². The van der Waals surface area contributed by atoms with E-state index in [1.165, 1.54) is 24.4 Å². The van der Waals surface area contributed by atoms with Crippen LogP contribution in [0.25, 0.3) is 11.0 Å². The number of hydrogen-bond acceptors (Lipinski definition) is 7. The van der Waals surface area contributed by atoms with Gasteiger partial charge < -0.3 is 29.7 Å². The molecule has 0 aliphatic carbocycles. The minimum absolute atomic E-state index is 0.0212. The molecule has 0 unspecified atom stereocenters. The summed E-state index contributed by atoms with van der Waals surface area (Å²) in [5, 5.41) is 11.3. The summed E-state index contributed by atoms with van der Waals surface area (Å²) in [6.07, 6.45) is -1.61. The molecule has 0 fully saturated rings. The van der Waals surface area contributed by atoms with E-state index in [0.717, 1.165) is 0 Å². The van der Waals surface area contributed by atoms with Gasteiger partial charge in [-0.25, -0.2) is 13.8 Å². The maximum Gasteiger partial charge on any atom is 0.296 e. The summed E-state index contributed by atoms with van der Waals surface area (Å²) in [5.41, 5.74) is 4.61. The van der Waals surface area contributed by atoms with Gasteiger partial charge >= 0.3 is 0 Å². The van der Waals surface area contributed by atoms with Crippen LogP contribution in [0.5, 0.6) is 5.75 Å². The third-order valence-electron chi connectivity index (χ3n) is 3.99. The first kappa shape index (κ1) is 20.3. The molecule has 1 atom stereocenters. The number of aryl methyl sites for hydroxylation is 1. The number of primary amides is 1. The lowest BCUT2D eigenvalue weighted by Crippen LogP contribution is -2.46. The van der Waals surface area contributed by atoms with Crippen molar-refractivity contribution in [2.75, 3.05) is 6.61 Å². The Morgan fingerprint density at radius 3 is 2.69 bits per heavy atom. The molecule has 0 aliphatic rings. The maximum absolute atomic E-state index is 13.4. The number of nitrogens with zero attached hydrogens (tertiary/aromatic N) is 1. The number of hydrogen-bond donors (Lipinski definition) is 3. The third-order valence-corrected chi connectivity index (χ3v) is 3.99. The average molecular weight is 409 g/mol. The summed E-state index contributed by atoms with van der Waals surface area (Å²) in [4.78, 5) is 27.7. The van der Waals surface area contributed by atoms with E-state index in [9.17, 15) is 18.4 Å². The molecule has 2 heterocycles. The molecule has 9 nitrogen and oxygen atoms in total. The highest BCUT2D eigenvalue weighted by Crippen LogP contribution is 2.35. The van der Waals surface area contributed by atoms with Gasteiger partial charge in [0.15, 0.2) is 17.4 Å². The fraction of sp³-hybridized carbons (Fsp3) is 0.278. The lowest BCUT2D eigenvalue weighted by molar-refractivity contribution is -0.120. The number of benzene rings is 1. The standard InChI is InChI=1S/C18H17F2N3O6/c1-8-22-5-10(28-8)7-27-9-2-3-13-11(4-9)14(15(29-13)16(19)20)18(26)23-12(6-24)17(21)25/h2-5,12,16,24H,6-7H2,1H3,(H2,21,25)(H,23,26)/t12-/m0/s1. The number of halogens is 2. The number of aliphatic hydroxyl groups excluding tert-OH is 1. The average Bonchev–Trinajstić information content (AvgIpc) is 3.27. The topological polar surface area (TPSA) is 141 Å². The van der Waals surface area contributed by atoms with Gasteiger partial charge in [0.1, 0.15) is 24.0 Å². The molecule has 154 valence electrons. The van der Waals surface area contributed by atoms with Gasteiger partial charge in [-0.15, -0.1) is 0 Å². The van der Waals surface area contributed by atoms with Crippen molar-refractivity contribution >= 4 is 22.8 Å². The monoisotopic (exact) mass is 409 g/mol. The van der Waals surface area contributed by atoms with Gasteiger partial charge in [0.05, 0.1) is 18.4 Å². The summed E-state index contributed by atoms with van der Waals surface area (Å²) in [5.74, 6) is -1.76. The zero-order valence-corrected chi connectivity index (χ0v) is 15.1. The first-order chi connectivity index (χ1) is 13.8. The highest BCUT2D eigenvalue weighted by atomic mass is 19.3. The molecule has 0 bridgehead atoms. The van der Waals surface area contributed by atoms with Crippen LogP contribution in [0.1, 0.15) is 34.2 Å². The quantitative estimate of drug-likeness (QED) is 0.515. The van der Waals surface area contributed by atoms with Crippen LogP contribution in [-0.4, -0.2) is 34.6 Å². The van der Waals surface area contributed by atoms with Crippen molar-refractivity contribution in [3.05, 3.63) is 47.4 Å². The minimum Gasteiger partial charge on any atom is -0.486 e. The number of aromatic nitrogens is 1. The molecule has 0 saturated carbocycles. The molecule has 2 amide bonds. The van der Waals surface area contributed by atoms with E-state index in [0.29, 0.717) is 11.7 Å². The summed E-state index contributed by atoms with van der Waals surface area (Å²) in [7, 11) is 0. The van der Waals surface area contributed by atoms with E-state index in [4.69, 9.17) is 24.4 Å². The second-order valence-corrected chi connectivity index (χ2v) is 6.05. The first-order valence-corrected chi connectivity index (χ1v) is 8.40. The molecule has 11 heteroatoms. The van der Waals surface area contributed by atoms with Gasteiger partial charge in [-0.3, -0.25) is 9.59 Å². The lowest BCUT2D eigenvalue weighted by atomic mass is 10.1. The van der Waals surface area contributed by atoms with Crippen molar-refractivity contribution in [2.24, 2.45) is 5.73 Å².